The van der Waals surface area contributed by atoms with Crippen molar-refractivity contribution in [3.05, 3.63) is 52.7 Å². The van der Waals surface area contributed by atoms with E-state index < -0.39 is 0 Å². The summed E-state index contributed by atoms with van der Waals surface area (Å²) < 4.78 is 13.1. The second-order valence-electron chi connectivity index (χ2n) is 6.00. The number of likely N-dealkylation sites (tertiary alicyclic amines) is 1. The van der Waals surface area contributed by atoms with Crippen LogP contribution in [-0.4, -0.2) is 34.0 Å². The smallest absolute Gasteiger partial charge is 0.145 e. The average molecular weight is 335 g/mol. The molecule has 0 spiro atoms. The summed E-state index contributed by atoms with van der Waals surface area (Å²) in [5.41, 5.74) is 1.87. The van der Waals surface area contributed by atoms with Gasteiger partial charge in [0.1, 0.15) is 11.6 Å². The van der Waals surface area contributed by atoms with Crippen molar-refractivity contribution in [2.45, 2.75) is 32.4 Å². The third kappa shape index (κ3) is 4.39. The fourth-order valence-electron chi connectivity index (χ4n) is 2.95. The lowest BCUT2D eigenvalue weighted by atomic mass is 10.0. The SMILES string of the molecule is Cc1cncc(NC2CCCN(Cc3ccc(F)cc3Cl)C2)n1. The van der Waals surface area contributed by atoms with Crippen LogP contribution in [0.5, 0.6) is 0 Å². The number of halogens is 2. The Morgan fingerprint density at radius 2 is 2.26 bits per heavy atom. The molecular formula is C17H20ClFN4. The summed E-state index contributed by atoms with van der Waals surface area (Å²) in [6.07, 6.45) is 5.71. The number of aromatic nitrogens is 2. The van der Waals surface area contributed by atoms with Gasteiger partial charge in [0.2, 0.25) is 0 Å². The molecule has 0 saturated carbocycles. The second-order valence-corrected chi connectivity index (χ2v) is 6.41. The van der Waals surface area contributed by atoms with Crippen LogP contribution in [-0.2, 0) is 6.54 Å². The summed E-state index contributed by atoms with van der Waals surface area (Å²) in [7, 11) is 0. The molecule has 1 saturated heterocycles. The molecule has 122 valence electrons. The molecule has 6 heteroatoms. The Morgan fingerprint density at radius 1 is 1.39 bits per heavy atom. The van der Waals surface area contributed by atoms with Gasteiger partial charge in [0.05, 0.1) is 11.9 Å². The second kappa shape index (κ2) is 7.23. The lowest BCUT2D eigenvalue weighted by molar-refractivity contribution is 0.208. The normalized spacial score (nSPS) is 18.8. The van der Waals surface area contributed by atoms with E-state index in [-0.39, 0.29) is 5.82 Å². The molecule has 23 heavy (non-hydrogen) atoms. The number of hydrogen-bond acceptors (Lipinski definition) is 4. The highest BCUT2D eigenvalue weighted by molar-refractivity contribution is 6.31. The number of piperidine rings is 1. The van der Waals surface area contributed by atoms with Crippen LogP contribution in [0.2, 0.25) is 5.02 Å². The van der Waals surface area contributed by atoms with E-state index in [2.05, 4.69) is 20.2 Å². The first-order valence-corrected chi connectivity index (χ1v) is 8.19. The highest BCUT2D eigenvalue weighted by atomic mass is 35.5. The van der Waals surface area contributed by atoms with Crippen LogP contribution in [0.1, 0.15) is 24.1 Å². The lowest BCUT2D eigenvalue weighted by Gasteiger charge is -2.33. The maximum absolute atomic E-state index is 13.1. The molecule has 4 nitrogen and oxygen atoms in total. The number of anilines is 1. The summed E-state index contributed by atoms with van der Waals surface area (Å²) in [4.78, 5) is 10.9. The zero-order chi connectivity index (χ0) is 16.2. The Kier molecular flexibility index (Phi) is 5.08. The molecular weight excluding hydrogens is 315 g/mol. The molecule has 1 unspecified atom stereocenters. The van der Waals surface area contributed by atoms with Crippen molar-refractivity contribution in [3.8, 4) is 0 Å². The number of hydrogen-bond donors (Lipinski definition) is 1. The summed E-state index contributed by atoms with van der Waals surface area (Å²) in [5, 5.41) is 3.94. The minimum Gasteiger partial charge on any atom is -0.365 e. The number of nitrogens with zero attached hydrogens (tertiary/aromatic N) is 3. The zero-order valence-corrected chi connectivity index (χ0v) is 13.9. The van der Waals surface area contributed by atoms with Gasteiger partial charge >= 0.3 is 0 Å². The third-order valence-corrected chi connectivity index (χ3v) is 4.37. The summed E-state index contributed by atoms with van der Waals surface area (Å²) in [6, 6.07) is 4.93. The summed E-state index contributed by atoms with van der Waals surface area (Å²) >= 11 is 6.13. The van der Waals surface area contributed by atoms with Gasteiger partial charge in [-0.3, -0.25) is 9.88 Å². The van der Waals surface area contributed by atoms with Gasteiger partial charge in [-0.15, -0.1) is 0 Å². The molecule has 0 radical (unpaired) electrons. The Hall–Kier alpha value is -1.72. The van der Waals surface area contributed by atoms with Crippen LogP contribution in [0.15, 0.2) is 30.6 Å². The number of aryl methyl sites for hydroxylation is 1. The van der Waals surface area contributed by atoms with Crippen molar-refractivity contribution >= 4 is 17.4 Å². The Bertz CT molecular complexity index is 679. The molecule has 3 rings (SSSR count). The first kappa shape index (κ1) is 16.1. The van der Waals surface area contributed by atoms with E-state index in [0.29, 0.717) is 11.1 Å². The van der Waals surface area contributed by atoms with E-state index in [1.54, 1.807) is 18.5 Å². The zero-order valence-electron chi connectivity index (χ0n) is 13.1. The summed E-state index contributed by atoms with van der Waals surface area (Å²) in [6.45, 7) is 4.59. The monoisotopic (exact) mass is 334 g/mol. The van der Waals surface area contributed by atoms with Gasteiger partial charge in [-0.2, -0.15) is 0 Å². The van der Waals surface area contributed by atoms with E-state index in [4.69, 9.17) is 11.6 Å². The largest absolute Gasteiger partial charge is 0.365 e. The van der Waals surface area contributed by atoms with Gasteiger partial charge in [0.25, 0.3) is 0 Å². The van der Waals surface area contributed by atoms with E-state index >= 15 is 0 Å². The standard InChI is InChI=1S/C17H20ClFN4/c1-12-8-20-9-17(21-12)22-15-3-2-6-23(11-15)10-13-4-5-14(19)7-16(13)18/h4-5,7-9,15H,2-3,6,10-11H2,1H3,(H,21,22). The molecule has 1 aliphatic heterocycles. The maximum atomic E-state index is 13.1. The Balaban J connectivity index is 1.61. The van der Waals surface area contributed by atoms with E-state index in [0.717, 1.165) is 49.6 Å². The molecule has 1 aromatic carbocycles. The molecule has 0 aliphatic carbocycles. The van der Waals surface area contributed by atoms with E-state index in [9.17, 15) is 4.39 Å². The molecule has 1 atom stereocenters. The minimum atomic E-state index is -0.296. The van der Waals surface area contributed by atoms with Gasteiger partial charge in [-0.1, -0.05) is 17.7 Å². The molecule has 2 aromatic rings. The van der Waals surface area contributed by atoms with Crippen LogP contribution >= 0.6 is 11.6 Å². The fourth-order valence-corrected chi connectivity index (χ4v) is 3.18. The predicted octanol–water partition coefficient (Wildman–Crippen LogP) is 3.65. The van der Waals surface area contributed by atoms with Gasteiger partial charge in [-0.25, -0.2) is 9.37 Å². The highest BCUT2D eigenvalue weighted by Crippen LogP contribution is 2.22. The molecule has 1 fully saturated rings. The quantitative estimate of drug-likeness (QED) is 0.926. The molecule has 0 bridgehead atoms. The predicted molar refractivity (Wildman–Crippen MR) is 90.1 cm³/mol. The van der Waals surface area contributed by atoms with Crippen LogP contribution in [0.4, 0.5) is 10.2 Å². The topological polar surface area (TPSA) is 41.1 Å². The molecule has 0 amide bonds. The number of rotatable bonds is 4. The van der Waals surface area contributed by atoms with Gasteiger partial charge in [-0.05, 0) is 44.0 Å². The fraction of sp³-hybridized carbons (Fsp3) is 0.412. The molecule has 1 aliphatic rings. The molecule has 2 heterocycles. The maximum Gasteiger partial charge on any atom is 0.145 e. The van der Waals surface area contributed by atoms with Crippen molar-refractivity contribution in [3.63, 3.8) is 0 Å². The lowest BCUT2D eigenvalue weighted by Crippen LogP contribution is -2.41. The van der Waals surface area contributed by atoms with Crippen LogP contribution in [0.25, 0.3) is 0 Å². The van der Waals surface area contributed by atoms with Gasteiger partial charge in [0.15, 0.2) is 0 Å². The van der Waals surface area contributed by atoms with Gasteiger partial charge < -0.3 is 5.32 Å². The number of benzene rings is 1. The third-order valence-electron chi connectivity index (χ3n) is 4.02. The molecule has 1 N–H and O–H groups in total. The summed E-state index contributed by atoms with van der Waals surface area (Å²) in [5.74, 6) is 0.520. The van der Waals surface area contributed by atoms with Crippen molar-refractivity contribution in [1.82, 2.24) is 14.9 Å². The van der Waals surface area contributed by atoms with Crippen molar-refractivity contribution in [2.75, 3.05) is 18.4 Å². The number of nitrogens with one attached hydrogen (secondary N) is 1. The van der Waals surface area contributed by atoms with Crippen molar-refractivity contribution in [1.29, 1.82) is 0 Å². The van der Waals surface area contributed by atoms with E-state index in [1.807, 2.05) is 6.92 Å². The van der Waals surface area contributed by atoms with Crippen LogP contribution in [0.3, 0.4) is 0 Å². The first-order valence-electron chi connectivity index (χ1n) is 7.81. The van der Waals surface area contributed by atoms with E-state index in [1.165, 1.54) is 12.1 Å². The van der Waals surface area contributed by atoms with Crippen LogP contribution in [0, 0.1) is 12.7 Å². The first-order chi connectivity index (χ1) is 11.1. The average Bonchev–Trinajstić information content (AvgIpc) is 2.51. The van der Waals surface area contributed by atoms with Crippen molar-refractivity contribution in [2.24, 2.45) is 0 Å². The van der Waals surface area contributed by atoms with Gasteiger partial charge in [0, 0.05) is 30.4 Å². The Labute approximate surface area is 140 Å². The minimum absolute atomic E-state index is 0.296. The Morgan fingerprint density at radius 3 is 3.04 bits per heavy atom. The van der Waals surface area contributed by atoms with Crippen molar-refractivity contribution < 1.29 is 4.39 Å². The van der Waals surface area contributed by atoms with Crippen LogP contribution < -0.4 is 5.32 Å². The molecule has 1 aromatic heterocycles. The highest BCUT2D eigenvalue weighted by Gasteiger charge is 2.21.